The Balaban J connectivity index is 2.25. The van der Waals surface area contributed by atoms with E-state index in [0.717, 1.165) is 11.3 Å². The molecule has 0 aliphatic carbocycles. The Hall–Kier alpha value is -2.31. The summed E-state index contributed by atoms with van der Waals surface area (Å²) in [5.41, 5.74) is 6.90. The van der Waals surface area contributed by atoms with Crippen molar-refractivity contribution in [2.24, 2.45) is 10.1 Å². The van der Waals surface area contributed by atoms with Crippen LogP contribution in [-0.4, -0.2) is 11.1 Å². The van der Waals surface area contributed by atoms with Gasteiger partial charge in [-0.15, -0.1) is 0 Å². The maximum atomic E-state index is 11.2. The van der Waals surface area contributed by atoms with Crippen molar-refractivity contribution in [1.82, 2.24) is 10.9 Å². The third kappa shape index (κ3) is 4.11. The number of amidine groups is 1. The van der Waals surface area contributed by atoms with Crippen molar-refractivity contribution in [2.75, 3.05) is 0 Å². The molecule has 1 amide bonds. The van der Waals surface area contributed by atoms with Crippen LogP contribution in [0.5, 0.6) is 0 Å². The van der Waals surface area contributed by atoms with Crippen molar-refractivity contribution >= 4 is 28.7 Å². The SMILES string of the molecule is NSC(=O)NNC(=Nc1ccccc1)c1ccccc1. The summed E-state index contributed by atoms with van der Waals surface area (Å²) in [5, 5.41) is 4.79. The van der Waals surface area contributed by atoms with Crippen LogP contribution in [0.4, 0.5) is 10.5 Å². The van der Waals surface area contributed by atoms with Gasteiger partial charge in [0.1, 0.15) is 0 Å². The summed E-state index contributed by atoms with van der Waals surface area (Å²) >= 11 is 0.601. The van der Waals surface area contributed by atoms with Crippen molar-refractivity contribution in [1.29, 1.82) is 0 Å². The topological polar surface area (TPSA) is 79.5 Å². The molecule has 4 N–H and O–H groups in total. The van der Waals surface area contributed by atoms with Crippen LogP contribution in [0, 0.1) is 0 Å². The van der Waals surface area contributed by atoms with E-state index in [-0.39, 0.29) is 5.24 Å². The molecule has 0 bridgehead atoms. The van der Waals surface area contributed by atoms with E-state index in [4.69, 9.17) is 5.14 Å². The monoisotopic (exact) mass is 286 g/mol. The molecular formula is C14H14N4OS. The van der Waals surface area contributed by atoms with Gasteiger partial charge in [-0.3, -0.25) is 20.8 Å². The number of nitrogens with two attached hydrogens (primary N) is 1. The standard InChI is InChI=1S/C14H14N4OS/c15-20-14(19)18-17-13(11-7-3-1-4-8-11)16-12-9-5-2-6-10-12/h1-10H,15H2,(H,16,17)(H,18,19). The maximum absolute atomic E-state index is 11.2. The van der Waals surface area contributed by atoms with Gasteiger partial charge >= 0.3 is 5.24 Å². The number of hydrogen-bond acceptors (Lipinski definition) is 4. The average molecular weight is 286 g/mol. The Bertz CT molecular complexity index is 587. The van der Waals surface area contributed by atoms with Crippen LogP contribution in [-0.2, 0) is 0 Å². The molecule has 0 aromatic heterocycles. The highest BCUT2D eigenvalue weighted by atomic mass is 32.2. The minimum absolute atomic E-state index is 0.387. The lowest BCUT2D eigenvalue weighted by atomic mass is 10.2. The molecule has 0 aliphatic heterocycles. The Morgan fingerprint density at radius 3 is 2.15 bits per heavy atom. The molecule has 0 unspecified atom stereocenters. The summed E-state index contributed by atoms with van der Waals surface area (Å²) in [6.07, 6.45) is 0. The van der Waals surface area contributed by atoms with Crippen LogP contribution >= 0.6 is 11.9 Å². The molecule has 2 rings (SSSR count). The predicted octanol–water partition coefficient (Wildman–Crippen LogP) is 2.59. The molecule has 20 heavy (non-hydrogen) atoms. The van der Waals surface area contributed by atoms with Crippen molar-refractivity contribution in [2.45, 2.75) is 0 Å². The number of hydrogen-bond donors (Lipinski definition) is 3. The molecule has 6 heteroatoms. The zero-order valence-corrected chi connectivity index (χ0v) is 11.4. The highest BCUT2D eigenvalue weighted by molar-refractivity contribution is 8.11. The van der Waals surface area contributed by atoms with E-state index < -0.39 is 0 Å². The van der Waals surface area contributed by atoms with Crippen LogP contribution in [0.25, 0.3) is 0 Å². The number of benzene rings is 2. The largest absolute Gasteiger partial charge is 0.312 e. The first-order valence-corrected chi connectivity index (χ1v) is 6.79. The van der Waals surface area contributed by atoms with Crippen molar-refractivity contribution in [3.63, 3.8) is 0 Å². The summed E-state index contributed by atoms with van der Waals surface area (Å²) < 4.78 is 0. The van der Waals surface area contributed by atoms with Crippen LogP contribution in [0.15, 0.2) is 65.7 Å². The van der Waals surface area contributed by atoms with Crippen LogP contribution in [0.1, 0.15) is 5.56 Å². The first-order chi connectivity index (χ1) is 9.79. The highest BCUT2D eigenvalue weighted by Gasteiger charge is 2.05. The highest BCUT2D eigenvalue weighted by Crippen LogP contribution is 2.12. The summed E-state index contributed by atoms with van der Waals surface area (Å²) in [4.78, 5) is 15.7. The van der Waals surface area contributed by atoms with Crippen LogP contribution in [0.2, 0.25) is 0 Å². The Labute approximate surface area is 121 Å². The first kappa shape index (κ1) is 14.1. The smallest absolute Gasteiger partial charge is 0.281 e. The Morgan fingerprint density at radius 2 is 1.55 bits per heavy atom. The molecule has 0 saturated carbocycles. The number of nitrogens with zero attached hydrogens (tertiary/aromatic N) is 1. The summed E-state index contributed by atoms with van der Waals surface area (Å²) in [7, 11) is 0. The number of carbonyl (C=O) groups excluding carboxylic acids is 1. The van der Waals surface area contributed by atoms with Gasteiger partial charge in [0.2, 0.25) is 0 Å². The van der Waals surface area contributed by atoms with Gasteiger partial charge < -0.3 is 0 Å². The van der Waals surface area contributed by atoms with Crippen molar-refractivity contribution in [3.05, 3.63) is 66.2 Å². The molecule has 2 aromatic rings. The molecule has 0 spiro atoms. The van der Waals surface area contributed by atoms with E-state index in [1.165, 1.54) is 0 Å². The molecule has 0 saturated heterocycles. The van der Waals surface area contributed by atoms with Crippen LogP contribution in [0.3, 0.4) is 0 Å². The summed E-state index contributed by atoms with van der Waals surface area (Å²) in [6, 6.07) is 19.0. The first-order valence-electron chi connectivity index (χ1n) is 5.91. The second-order valence-electron chi connectivity index (χ2n) is 3.82. The molecule has 0 aliphatic rings. The second kappa shape index (κ2) is 7.32. The minimum Gasteiger partial charge on any atom is -0.281 e. The number of rotatable bonds is 2. The van der Waals surface area contributed by atoms with Crippen LogP contribution < -0.4 is 16.0 Å². The molecule has 0 heterocycles. The molecule has 0 radical (unpaired) electrons. The summed E-state index contributed by atoms with van der Waals surface area (Å²) in [6.45, 7) is 0. The van der Waals surface area contributed by atoms with E-state index in [1.807, 2.05) is 60.7 Å². The molecule has 0 atom stereocenters. The number of carbonyl (C=O) groups is 1. The van der Waals surface area contributed by atoms with Gasteiger partial charge in [0.25, 0.3) is 0 Å². The van der Waals surface area contributed by atoms with E-state index in [9.17, 15) is 4.79 Å². The number of aliphatic imine (C=N–C) groups is 1. The van der Waals surface area contributed by atoms with E-state index in [1.54, 1.807) is 0 Å². The van der Waals surface area contributed by atoms with Gasteiger partial charge in [-0.25, -0.2) is 4.99 Å². The Morgan fingerprint density at radius 1 is 0.950 bits per heavy atom. The van der Waals surface area contributed by atoms with E-state index in [0.29, 0.717) is 17.8 Å². The third-order valence-corrected chi connectivity index (χ3v) is 2.75. The lowest BCUT2D eigenvalue weighted by molar-refractivity contribution is 0.259. The van der Waals surface area contributed by atoms with Gasteiger partial charge in [-0.1, -0.05) is 48.5 Å². The van der Waals surface area contributed by atoms with E-state index in [2.05, 4.69) is 15.8 Å². The van der Waals surface area contributed by atoms with Gasteiger partial charge in [0.15, 0.2) is 5.84 Å². The number of para-hydroxylation sites is 1. The molecule has 102 valence electrons. The fourth-order valence-electron chi connectivity index (χ4n) is 1.53. The van der Waals surface area contributed by atoms with Gasteiger partial charge in [-0.2, -0.15) is 0 Å². The normalized spacial score (nSPS) is 10.9. The number of nitrogens with one attached hydrogen (secondary N) is 2. The lowest BCUT2D eigenvalue weighted by Crippen LogP contribution is -2.40. The van der Waals surface area contributed by atoms with Gasteiger partial charge in [0, 0.05) is 17.5 Å². The summed E-state index contributed by atoms with van der Waals surface area (Å²) in [5.74, 6) is 0.541. The molecule has 2 aromatic carbocycles. The minimum atomic E-state index is -0.387. The lowest BCUT2D eigenvalue weighted by Gasteiger charge is -2.10. The zero-order valence-electron chi connectivity index (χ0n) is 10.6. The average Bonchev–Trinajstić information content (AvgIpc) is 2.53. The van der Waals surface area contributed by atoms with Crippen molar-refractivity contribution in [3.8, 4) is 0 Å². The van der Waals surface area contributed by atoms with E-state index >= 15 is 0 Å². The molecular weight excluding hydrogens is 272 g/mol. The second-order valence-corrected chi connectivity index (χ2v) is 4.42. The predicted molar refractivity (Wildman–Crippen MR) is 82.5 cm³/mol. The number of hydrazine groups is 1. The third-order valence-electron chi connectivity index (χ3n) is 2.43. The van der Waals surface area contributed by atoms with Crippen molar-refractivity contribution < 1.29 is 4.79 Å². The number of amides is 1. The molecule has 0 fully saturated rings. The fraction of sp³-hybridized carbons (Fsp3) is 0. The Kier molecular flexibility index (Phi) is 5.16. The molecule has 5 nitrogen and oxygen atoms in total. The fourth-order valence-corrected chi connectivity index (χ4v) is 1.64. The maximum Gasteiger partial charge on any atom is 0.312 e. The van der Waals surface area contributed by atoms with Gasteiger partial charge in [-0.05, 0) is 12.1 Å². The zero-order chi connectivity index (χ0) is 14.2. The quantitative estimate of drug-likeness (QED) is 0.343. The van der Waals surface area contributed by atoms with Gasteiger partial charge in [0.05, 0.1) is 5.69 Å².